The molecule has 5 rings (SSSR count). The predicted molar refractivity (Wildman–Crippen MR) is 167 cm³/mol. The minimum Gasteiger partial charge on any atom is -0.478 e. The number of piperidine rings is 1. The molecule has 2 amide bonds. The zero-order chi connectivity index (χ0) is 28.3. The molecule has 2 aromatic carbocycles. The van der Waals surface area contributed by atoms with Crippen molar-refractivity contribution in [2.24, 2.45) is 5.92 Å². The van der Waals surface area contributed by atoms with Crippen LogP contribution in [0.3, 0.4) is 0 Å². The number of nitrogens with zero attached hydrogens (tertiary/aromatic N) is 3. The molecule has 1 saturated carbocycles. The number of carbonyl (C=O) groups is 2. The van der Waals surface area contributed by atoms with E-state index in [0.717, 1.165) is 51.0 Å². The molecule has 2 saturated heterocycles. The Hall–Kier alpha value is -2.77. The van der Waals surface area contributed by atoms with Crippen LogP contribution in [0.4, 0.5) is 5.69 Å². The second kappa shape index (κ2) is 13.5. The van der Waals surface area contributed by atoms with E-state index in [1.165, 1.54) is 11.1 Å². The summed E-state index contributed by atoms with van der Waals surface area (Å²) in [4.78, 5) is 33.4. The Morgan fingerprint density at radius 1 is 1.02 bits per heavy atom. The first-order chi connectivity index (χ1) is 19.2. The van der Waals surface area contributed by atoms with Crippen molar-refractivity contribution >= 4 is 29.9 Å². The highest BCUT2D eigenvalue weighted by Crippen LogP contribution is 2.34. The number of hydrogen-bond donors (Lipinski definition) is 1. The van der Waals surface area contributed by atoms with E-state index in [9.17, 15) is 9.59 Å². The van der Waals surface area contributed by atoms with Gasteiger partial charge in [-0.05, 0) is 68.7 Å². The molecule has 3 aliphatic rings. The van der Waals surface area contributed by atoms with E-state index in [-0.39, 0.29) is 30.1 Å². The summed E-state index contributed by atoms with van der Waals surface area (Å²) in [6.45, 7) is 13.5. The number of carbonyl (C=O) groups excluding carboxylic acids is 2. The summed E-state index contributed by atoms with van der Waals surface area (Å²) >= 11 is 0. The molecule has 224 valence electrons. The molecular weight excluding hydrogens is 536 g/mol. The predicted octanol–water partition coefficient (Wildman–Crippen LogP) is 5.23. The van der Waals surface area contributed by atoms with Crippen molar-refractivity contribution in [3.8, 4) is 5.75 Å². The molecular formula is C33H47ClN4O3. The smallest absolute Gasteiger partial charge is 0.266 e. The van der Waals surface area contributed by atoms with E-state index in [4.69, 9.17) is 4.74 Å². The first kappa shape index (κ1) is 31.2. The van der Waals surface area contributed by atoms with E-state index < -0.39 is 5.60 Å². The summed E-state index contributed by atoms with van der Waals surface area (Å²) in [5, 5.41) is 3.29. The van der Waals surface area contributed by atoms with Crippen LogP contribution in [0.25, 0.3) is 0 Å². The second-order valence-electron chi connectivity index (χ2n) is 12.5. The van der Waals surface area contributed by atoms with Crippen LogP contribution in [0.15, 0.2) is 48.5 Å². The van der Waals surface area contributed by atoms with Gasteiger partial charge in [0.2, 0.25) is 5.91 Å². The molecule has 41 heavy (non-hydrogen) atoms. The van der Waals surface area contributed by atoms with E-state index in [1.54, 1.807) is 0 Å². The van der Waals surface area contributed by atoms with Gasteiger partial charge in [0, 0.05) is 63.6 Å². The molecule has 0 spiro atoms. The molecule has 8 heteroatoms. The molecule has 3 fully saturated rings. The van der Waals surface area contributed by atoms with Crippen LogP contribution in [0.2, 0.25) is 0 Å². The fourth-order valence-electron chi connectivity index (χ4n) is 6.00. The molecule has 0 unspecified atom stereocenters. The van der Waals surface area contributed by atoms with Crippen molar-refractivity contribution in [1.82, 2.24) is 15.1 Å². The third-order valence-corrected chi connectivity index (χ3v) is 8.49. The van der Waals surface area contributed by atoms with E-state index in [2.05, 4.69) is 59.3 Å². The van der Waals surface area contributed by atoms with Crippen LogP contribution in [0.5, 0.6) is 5.75 Å². The van der Waals surface area contributed by atoms with Crippen LogP contribution in [0, 0.1) is 5.92 Å². The summed E-state index contributed by atoms with van der Waals surface area (Å²) in [6, 6.07) is 17.1. The van der Waals surface area contributed by atoms with E-state index in [1.807, 2.05) is 36.9 Å². The number of anilines is 1. The Morgan fingerprint density at radius 3 is 2.46 bits per heavy atom. The topological polar surface area (TPSA) is 65.1 Å². The van der Waals surface area contributed by atoms with Gasteiger partial charge in [0.25, 0.3) is 5.91 Å². The molecule has 0 aromatic heterocycles. The van der Waals surface area contributed by atoms with Crippen molar-refractivity contribution in [2.45, 2.75) is 77.5 Å². The monoisotopic (exact) mass is 582 g/mol. The van der Waals surface area contributed by atoms with E-state index in [0.29, 0.717) is 43.9 Å². The third kappa shape index (κ3) is 7.75. The highest BCUT2D eigenvalue weighted by molar-refractivity contribution is 5.85. The van der Waals surface area contributed by atoms with Gasteiger partial charge in [-0.1, -0.05) is 44.2 Å². The molecule has 1 aliphatic carbocycles. The maximum absolute atomic E-state index is 13.9. The summed E-state index contributed by atoms with van der Waals surface area (Å²) in [5.41, 5.74) is 2.64. The first-order valence-corrected chi connectivity index (χ1v) is 15.1. The maximum Gasteiger partial charge on any atom is 0.266 e. The van der Waals surface area contributed by atoms with Crippen molar-refractivity contribution in [3.63, 3.8) is 0 Å². The van der Waals surface area contributed by atoms with Crippen LogP contribution in [0.1, 0.15) is 70.4 Å². The van der Waals surface area contributed by atoms with Gasteiger partial charge >= 0.3 is 0 Å². The fraction of sp³-hybridized carbons (Fsp3) is 0.576. The fourth-order valence-corrected chi connectivity index (χ4v) is 6.00. The number of benzene rings is 2. The number of ether oxygens (including phenoxy) is 1. The number of amides is 2. The summed E-state index contributed by atoms with van der Waals surface area (Å²) in [5.74, 6) is 1.45. The average molecular weight is 583 g/mol. The quantitative estimate of drug-likeness (QED) is 0.439. The number of halogens is 1. The molecule has 1 N–H and O–H groups in total. The maximum atomic E-state index is 13.9. The van der Waals surface area contributed by atoms with Gasteiger partial charge in [-0.3, -0.25) is 9.59 Å². The second-order valence-corrected chi connectivity index (χ2v) is 12.5. The van der Waals surface area contributed by atoms with E-state index >= 15 is 0 Å². The molecule has 0 radical (unpaired) electrons. The lowest BCUT2D eigenvalue weighted by atomic mass is 9.95. The summed E-state index contributed by atoms with van der Waals surface area (Å²) in [6.07, 6.45) is 4.12. The van der Waals surface area contributed by atoms with Crippen molar-refractivity contribution < 1.29 is 14.3 Å². The van der Waals surface area contributed by atoms with Crippen LogP contribution < -0.4 is 15.0 Å². The van der Waals surface area contributed by atoms with Crippen molar-refractivity contribution in [1.29, 1.82) is 0 Å². The Bertz CT molecular complexity index is 1190. The standard InChI is InChI=1S/C33H46N4O3.ClH/c1-24(2)26-9-5-8-25(20-26)22-37(28-13-14-28)31(38)27-10-7-17-36(23-27)29-11-6-12-30(21-29)40-33(3,4)32(39)35-18-15-34-16-19-35;/h5-6,8-9,11-12,20-21,24,27-28,34H,7,10,13-19,22-23H2,1-4H3;1H/t27-;/m1./s1. The van der Waals surface area contributed by atoms with Crippen molar-refractivity contribution in [3.05, 3.63) is 59.7 Å². The average Bonchev–Trinajstić information content (AvgIpc) is 3.81. The number of rotatable bonds is 9. The van der Waals surface area contributed by atoms with Gasteiger partial charge in [0.1, 0.15) is 5.75 Å². The minimum absolute atomic E-state index is 0. The number of piperazine rings is 1. The Kier molecular flexibility index (Phi) is 10.2. The molecule has 2 aromatic rings. The van der Waals surface area contributed by atoms with Gasteiger partial charge in [-0.2, -0.15) is 0 Å². The molecule has 2 aliphatic heterocycles. The zero-order valence-corrected chi connectivity index (χ0v) is 25.9. The van der Waals surface area contributed by atoms with Gasteiger partial charge in [-0.25, -0.2) is 0 Å². The molecule has 0 bridgehead atoms. The van der Waals surface area contributed by atoms with Crippen LogP contribution >= 0.6 is 12.4 Å². The minimum atomic E-state index is -0.950. The Balaban J connectivity index is 0.00000387. The number of hydrogen-bond acceptors (Lipinski definition) is 5. The van der Waals surface area contributed by atoms with Gasteiger partial charge < -0.3 is 24.8 Å². The Labute approximate surface area is 252 Å². The van der Waals surface area contributed by atoms with Gasteiger partial charge in [0.15, 0.2) is 5.60 Å². The molecule has 1 atom stereocenters. The summed E-state index contributed by atoms with van der Waals surface area (Å²) < 4.78 is 6.28. The Morgan fingerprint density at radius 2 is 1.76 bits per heavy atom. The lowest BCUT2D eigenvalue weighted by Crippen LogP contribution is -2.54. The normalized spacial score (nSPS) is 19.5. The van der Waals surface area contributed by atoms with Gasteiger partial charge in [-0.15, -0.1) is 12.4 Å². The lowest BCUT2D eigenvalue weighted by Gasteiger charge is -2.37. The number of nitrogens with one attached hydrogen (secondary N) is 1. The van der Waals surface area contributed by atoms with Crippen LogP contribution in [-0.2, 0) is 16.1 Å². The molecule has 2 heterocycles. The lowest BCUT2D eigenvalue weighted by molar-refractivity contribution is -0.146. The SMILES string of the molecule is CC(C)c1cccc(CN(C(=O)[C@@H]2CCCN(c3cccc(OC(C)(C)C(=O)N4CCNCC4)c3)C2)C2CC2)c1.Cl. The van der Waals surface area contributed by atoms with Gasteiger partial charge in [0.05, 0.1) is 5.92 Å². The van der Waals surface area contributed by atoms with Crippen molar-refractivity contribution in [2.75, 3.05) is 44.2 Å². The summed E-state index contributed by atoms with van der Waals surface area (Å²) in [7, 11) is 0. The molecule has 7 nitrogen and oxygen atoms in total. The highest BCUT2D eigenvalue weighted by Gasteiger charge is 2.38. The van der Waals surface area contributed by atoms with Crippen LogP contribution in [-0.4, -0.2) is 72.5 Å². The largest absolute Gasteiger partial charge is 0.478 e. The highest BCUT2D eigenvalue weighted by atomic mass is 35.5. The third-order valence-electron chi connectivity index (χ3n) is 8.49. The zero-order valence-electron chi connectivity index (χ0n) is 25.1. The first-order valence-electron chi connectivity index (χ1n) is 15.1.